The molecule has 0 saturated heterocycles. The Morgan fingerprint density at radius 2 is 1.56 bits per heavy atom. The second kappa shape index (κ2) is 4.62. The zero-order chi connectivity index (χ0) is 11.5. The lowest BCUT2D eigenvalue weighted by molar-refractivity contribution is 0.500. The quantitative estimate of drug-likeness (QED) is 0.685. The predicted octanol–water partition coefficient (Wildman–Crippen LogP) is 4.29. The SMILES string of the molecule is Fc1cccc(C(Cl)c2ccccc2)c1F. The molecule has 0 saturated carbocycles. The van der Waals surface area contributed by atoms with E-state index in [0.717, 1.165) is 11.6 Å². The topological polar surface area (TPSA) is 0 Å². The lowest BCUT2D eigenvalue weighted by Crippen LogP contribution is -1.98. The van der Waals surface area contributed by atoms with Crippen LogP contribution in [0.3, 0.4) is 0 Å². The van der Waals surface area contributed by atoms with E-state index in [1.165, 1.54) is 12.1 Å². The van der Waals surface area contributed by atoms with Gasteiger partial charge >= 0.3 is 0 Å². The molecule has 1 atom stereocenters. The summed E-state index contributed by atoms with van der Waals surface area (Å²) in [6.45, 7) is 0. The van der Waals surface area contributed by atoms with Crippen molar-refractivity contribution in [3.05, 3.63) is 71.3 Å². The predicted molar refractivity (Wildman–Crippen MR) is 60.5 cm³/mol. The van der Waals surface area contributed by atoms with Crippen LogP contribution < -0.4 is 0 Å². The molecule has 82 valence electrons. The van der Waals surface area contributed by atoms with Gasteiger partial charge in [0.15, 0.2) is 11.6 Å². The molecule has 0 N–H and O–H groups in total. The highest BCUT2D eigenvalue weighted by Crippen LogP contribution is 2.30. The van der Waals surface area contributed by atoms with E-state index in [-0.39, 0.29) is 5.56 Å². The number of hydrogen-bond acceptors (Lipinski definition) is 0. The summed E-state index contributed by atoms with van der Waals surface area (Å²) in [5.41, 5.74) is 0.904. The van der Waals surface area contributed by atoms with Gasteiger partial charge in [0.2, 0.25) is 0 Å². The fraction of sp³-hybridized carbons (Fsp3) is 0.0769. The molecule has 2 aromatic rings. The van der Waals surface area contributed by atoms with Crippen LogP contribution >= 0.6 is 11.6 Å². The molecule has 0 aliphatic heterocycles. The molecule has 0 heterocycles. The Balaban J connectivity index is 2.42. The summed E-state index contributed by atoms with van der Waals surface area (Å²) in [6, 6.07) is 13.0. The fourth-order valence-electron chi connectivity index (χ4n) is 1.52. The maximum Gasteiger partial charge on any atom is 0.163 e. The zero-order valence-corrected chi connectivity index (χ0v) is 9.09. The number of alkyl halides is 1. The Labute approximate surface area is 97.5 Å². The number of benzene rings is 2. The van der Waals surface area contributed by atoms with Crippen molar-refractivity contribution in [2.75, 3.05) is 0 Å². The van der Waals surface area contributed by atoms with Crippen molar-refractivity contribution in [3.63, 3.8) is 0 Å². The van der Waals surface area contributed by atoms with E-state index in [1.807, 2.05) is 18.2 Å². The first kappa shape index (κ1) is 11.1. The normalized spacial score (nSPS) is 12.4. The molecule has 0 fully saturated rings. The Hall–Kier alpha value is -1.41. The minimum absolute atomic E-state index is 0.160. The van der Waals surface area contributed by atoms with Gasteiger partial charge in [-0.3, -0.25) is 0 Å². The third-order valence-electron chi connectivity index (χ3n) is 2.35. The number of halogens is 3. The minimum Gasteiger partial charge on any atom is -0.204 e. The molecular formula is C13H9ClF2. The van der Waals surface area contributed by atoms with Crippen LogP contribution in [0.5, 0.6) is 0 Å². The van der Waals surface area contributed by atoms with Crippen LogP contribution in [-0.4, -0.2) is 0 Å². The van der Waals surface area contributed by atoms with Gasteiger partial charge in [0, 0.05) is 5.56 Å². The van der Waals surface area contributed by atoms with Crippen LogP contribution in [0.1, 0.15) is 16.5 Å². The van der Waals surface area contributed by atoms with Crippen molar-refractivity contribution >= 4 is 11.6 Å². The van der Waals surface area contributed by atoms with Gasteiger partial charge in [-0.2, -0.15) is 0 Å². The van der Waals surface area contributed by atoms with E-state index in [9.17, 15) is 8.78 Å². The fourth-order valence-corrected chi connectivity index (χ4v) is 1.83. The molecular weight excluding hydrogens is 230 g/mol. The summed E-state index contributed by atoms with van der Waals surface area (Å²) in [6.07, 6.45) is 0. The third kappa shape index (κ3) is 2.07. The zero-order valence-electron chi connectivity index (χ0n) is 8.33. The van der Waals surface area contributed by atoms with Gasteiger partial charge < -0.3 is 0 Å². The minimum atomic E-state index is -0.883. The molecule has 16 heavy (non-hydrogen) atoms. The smallest absolute Gasteiger partial charge is 0.163 e. The Morgan fingerprint density at radius 1 is 0.875 bits per heavy atom. The molecule has 0 aromatic heterocycles. The van der Waals surface area contributed by atoms with Crippen molar-refractivity contribution in [1.29, 1.82) is 0 Å². The summed E-state index contributed by atoms with van der Waals surface area (Å²) >= 11 is 6.10. The maximum absolute atomic E-state index is 13.5. The molecule has 0 nitrogen and oxygen atoms in total. The van der Waals surface area contributed by atoms with Crippen molar-refractivity contribution in [3.8, 4) is 0 Å². The van der Waals surface area contributed by atoms with Crippen LogP contribution in [0.15, 0.2) is 48.5 Å². The van der Waals surface area contributed by atoms with E-state index in [1.54, 1.807) is 12.1 Å². The Kier molecular flexibility index (Phi) is 3.20. The second-order valence-electron chi connectivity index (χ2n) is 3.42. The van der Waals surface area contributed by atoms with Gasteiger partial charge in [0.25, 0.3) is 0 Å². The standard InChI is InChI=1S/C13H9ClF2/c14-12(9-5-2-1-3-6-9)10-7-4-8-11(15)13(10)16/h1-8,12H. The van der Waals surface area contributed by atoms with Gasteiger partial charge in [-0.25, -0.2) is 8.78 Å². The lowest BCUT2D eigenvalue weighted by Gasteiger charge is -2.11. The molecule has 2 rings (SSSR count). The highest BCUT2D eigenvalue weighted by molar-refractivity contribution is 6.22. The summed E-state index contributed by atoms with van der Waals surface area (Å²) in [7, 11) is 0. The van der Waals surface area contributed by atoms with Crippen molar-refractivity contribution in [2.24, 2.45) is 0 Å². The summed E-state index contributed by atoms with van der Waals surface area (Å²) < 4.78 is 26.5. The average molecular weight is 239 g/mol. The third-order valence-corrected chi connectivity index (χ3v) is 2.83. The average Bonchev–Trinajstić information content (AvgIpc) is 2.33. The molecule has 0 aliphatic rings. The highest BCUT2D eigenvalue weighted by Gasteiger charge is 2.17. The summed E-state index contributed by atoms with van der Waals surface area (Å²) in [5.74, 6) is -1.76. The van der Waals surface area contributed by atoms with Crippen molar-refractivity contribution in [2.45, 2.75) is 5.38 Å². The molecule has 2 aromatic carbocycles. The highest BCUT2D eigenvalue weighted by atomic mass is 35.5. The molecule has 0 bridgehead atoms. The van der Waals surface area contributed by atoms with Crippen LogP contribution in [0.2, 0.25) is 0 Å². The molecule has 3 heteroatoms. The van der Waals surface area contributed by atoms with E-state index < -0.39 is 17.0 Å². The summed E-state index contributed by atoms with van der Waals surface area (Å²) in [4.78, 5) is 0. The van der Waals surface area contributed by atoms with Crippen molar-refractivity contribution < 1.29 is 8.78 Å². The van der Waals surface area contributed by atoms with Gasteiger partial charge in [0.05, 0.1) is 5.38 Å². The first-order valence-electron chi connectivity index (χ1n) is 4.83. The first-order valence-corrected chi connectivity index (χ1v) is 5.26. The Morgan fingerprint density at radius 3 is 2.25 bits per heavy atom. The number of rotatable bonds is 2. The molecule has 0 spiro atoms. The van der Waals surface area contributed by atoms with Gasteiger partial charge in [0.1, 0.15) is 0 Å². The van der Waals surface area contributed by atoms with E-state index >= 15 is 0 Å². The van der Waals surface area contributed by atoms with Gasteiger partial charge in [-0.05, 0) is 11.6 Å². The van der Waals surface area contributed by atoms with Crippen LogP contribution in [0, 0.1) is 11.6 Å². The number of hydrogen-bond donors (Lipinski definition) is 0. The van der Waals surface area contributed by atoms with E-state index in [0.29, 0.717) is 0 Å². The van der Waals surface area contributed by atoms with Crippen molar-refractivity contribution in [1.82, 2.24) is 0 Å². The molecule has 1 unspecified atom stereocenters. The molecule has 0 aliphatic carbocycles. The molecule has 0 amide bonds. The Bertz CT molecular complexity index is 483. The van der Waals surface area contributed by atoms with Gasteiger partial charge in [-0.15, -0.1) is 11.6 Å². The van der Waals surface area contributed by atoms with E-state index in [2.05, 4.69) is 0 Å². The monoisotopic (exact) mass is 238 g/mol. The second-order valence-corrected chi connectivity index (χ2v) is 3.85. The van der Waals surface area contributed by atoms with Gasteiger partial charge in [-0.1, -0.05) is 42.5 Å². The first-order chi connectivity index (χ1) is 7.70. The van der Waals surface area contributed by atoms with Crippen LogP contribution in [0.4, 0.5) is 8.78 Å². The van der Waals surface area contributed by atoms with E-state index in [4.69, 9.17) is 11.6 Å². The van der Waals surface area contributed by atoms with Crippen LogP contribution in [-0.2, 0) is 0 Å². The lowest BCUT2D eigenvalue weighted by atomic mass is 10.0. The summed E-state index contributed by atoms with van der Waals surface area (Å²) in [5, 5.41) is -0.670. The molecule has 0 radical (unpaired) electrons. The largest absolute Gasteiger partial charge is 0.204 e. The van der Waals surface area contributed by atoms with Crippen LogP contribution in [0.25, 0.3) is 0 Å². The maximum atomic E-state index is 13.5.